The Morgan fingerprint density at radius 1 is 1.29 bits per heavy atom. The number of amides is 2. The smallest absolute Gasteiger partial charge is 0.317 e. The minimum absolute atomic E-state index is 0.105. The number of ether oxygens (including phenoxy) is 1. The zero-order valence-electron chi connectivity index (χ0n) is 12.9. The fourth-order valence-electron chi connectivity index (χ4n) is 2.41. The molecular formula is C16H17F2N3O2S. The number of benzene rings is 1. The summed E-state index contributed by atoms with van der Waals surface area (Å²) in [5.74, 6) is -1.26. The van der Waals surface area contributed by atoms with Crippen LogP contribution in [0.25, 0.3) is 10.6 Å². The molecule has 1 aromatic heterocycles. The zero-order chi connectivity index (χ0) is 16.9. The molecule has 1 aliphatic rings. The Hall–Kier alpha value is -2.06. The van der Waals surface area contributed by atoms with Crippen molar-refractivity contribution in [2.45, 2.75) is 6.42 Å². The monoisotopic (exact) mass is 353 g/mol. The van der Waals surface area contributed by atoms with Crippen molar-refractivity contribution >= 4 is 17.4 Å². The Morgan fingerprint density at radius 2 is 2.00 bits per heavy atom. The molecule has 2 heterocycles. The standard InChI is InChI=1S/C16H17F2N3O2S/c17-12-2-1-3-13(18)14(12)15-20-11(10-24-15)4-5-19-16(22)21-6-8-23-9-7-21/h1-3,10H,4-9H2,(H,19,22). The van der Waals surface area contributed by atoms with Gasteiger partial charge in [-0.25, -0.2) is 18.6 Å². The Balaban J connectivity index is 1.56. The lowest BCUT2D eigenvalue weighted by Gasteiger charge is -2.26. The van der Waals surface area contributed by atoms with Crippen molar-refractivity contribution in [2.75, 3.05) is 32.8 Å². The van der Waals surface area contributed by atoms with Crippen molar-refractivity contribution < 1.29 is 18.3 Å². The molecule has 5 nitrogen and oxygen atoms in total. The second-order valence-electron chi connectivity index (χ2n) is 5.32. The van der Waals surface area contributed by atoms with Crippen LogP contribution in [0.15, 0.2) is 23.6 Å². The molecule has 8 heteroatoms. The highest BCUT2D eigenvalue weighted by atomic mass is 32.1. The molecule has 128 valence electrons. The van der Waals surface area contributed by atoms with Gasteiger partial charge in [-0.3, -0.25) is 0 Å². The van der Waals surface area contributed by atoms with Crippen LogP contribution in [0.1, 0.15) is 5.69 Å². The number of hydrogen-bond acceptors (Lipinski definition) is 4. The lowest BCUT2D eigenvalue weighted by molar-refractivity contribution is 0.0533. The number of rotatable bonds is 4. The zero-order valence-corrected chi connectivity index (χ0v) is 13.7. The van der Waals surface area contributed by atoms with Gasteiger partial charge < -0.3 is 15.0 Å². The fourth-order valence-corrected chi connectivity index (χ4v) is 3.32. The predicted octanol–water partition coefficient (Wildman–Crippen LogP) is 2.67. The van der Waals surface area contributed by atoms with Crippen molar-refractivity contribution in [3.63, 3.8) is 0 Å². The van der Waals surface area contributed by atoms with Gasteiger partial charge >= 0.3 is 6.03 Å². The first-order valence-corrected chi connectivity index (χ1v) is 8.52. The van der Waals surface area contributed by atoms with Gasteiger partial charge in [-0.2, -0.15) is 0 Å². The van der Waals surface area contributed by atoms with Gasteiger partial charge in [-0.05, 0) is 12.1 Å². The molecule has 1 saturated heterocycles. The van der Waals surface area contributed by atoms with Crippen LogP contribution >= 0.6 is 11.3 Å². The maximum atomic E-state index is 13.8. The van der Waals surface area contributed by atoms with Gasteiger partial charge in [0.15, 0.2) is 0 Å². The summed E-state index contributed by atoms with van der Waals surface area (Å²) < 4.78 is 32.7. The Bertz CT molecular complexity index is 697. The van der Waals surface area contributed by atoms with Gasteiger partial charge in [0, 0.05) is 31.4 Å². The number of urea groups is 1. The van der Waals surface area contributed by atoms with Crippen LogP contribution in [-0.2, 0) is 11.2 Å². The van der Waals surface area contributed by atoms with Crippen LogP contribution < -0.4 is 5.32 Å². The lowest BCUT2D eigenvalue weighted by Crippen LogP contribution is -2.46. The molecule has 24 heavy (non-hydrogen) atoms. The Morgan fingerprint density at radius 3 is 2.71 bits per heavy atom. The molecule has 0 radical (unpaired) electrons. The van der Waals surface area contributed by atoms with Crippen LogP contribution in [0.5, 0.6) is 0 Å². The van der Waals surface area contributed by atoms with E-state index in [1.54, 1.807) is 10.3 Å². The average Bonchev–Trinajstić information content (AvgIpc) is 3.04. The molecule has 0 atom stereocenters. The molecular weight excluding hydrogens is 336 g/mol. The average molecular weight is 353 g/mol. The molecule has 1 aliphatic heterocycles. The summed E-state index contributed by atoms with van der Waals surface area (Å²) in [6.07, 6.45) is 0.503. The maximum Gasteiger partial charge on any atom is 0.317 e. The van der Waals surface area contributed by atoms with Gasteiger partial charge in [0.1, 0.15) is 16.6 Å². The maximum absolute atomic E-state index is 13.8. The molecule has 2 amide bonds. The summed E-state index contributed by atoms with van der Waals surface area (Å²) in [6, 6.07) is 3.61. The largest absolute Gasteiger partial charge is 0.378 e. The van der Waals surface area contributed by atoms with Crippen molar-refractivity contribution in [3.05, 3.63) is 40.9 Å². The number of nitrogens with zero attached hydrogens (tertiary/aromatic N) is 2. The third kappa shape index (κ3) is 3.88. The summed E-state index contributed by atoms with van der Waals surface area (Å²) in [6.45, 7) is 2.69. The molecule has 0 spiro atoms. The molecule has 0 unspecified atom stereocenters. The Kier molecular flexibility index (Phi) is 5.37. The van der Waals surface area contributed by atoms with Crippen molar-refractivity contribution in [1.82, 2.24) is 15.2 Å². The fraction of sp³-hybridized carbons (Fsp3) is 0.375. The highest BCUT2D eigenvalue weighted by Gasteiger charge is 2.17. The van der Waals surface area contributed by atoms with Crippen molar-refractivity contribution in [3.8, 4) is 10.6 Å². The van der Waals surface area contributed by atoms with Crippen molar-refractivity contribution in [1.29, 1.82) is 0 Å². The van der Waals surface area contributed by atoms with E-state index in [2.05, 4.69) is 10.3 Å². The quantitative estimate of drug-likeness (QED) is 0.919. The van der Waals surface area contributed by atoms with E-state index in [1.165, 1.54) is 29.5 Å². The summed E-state index contributed by atoms with van der Waals surface area (Å²) in [5, 5.41) is 4.88. The van der Waals surface area contributed by atoms with Gasteiger partial charge in [0.05, 0.1) is 24.5 Å². The molecule has 0 aliphatic carbocycles. The van der Waals surface area contributed by atoms with E-state index in [9.17, 15) is 13.6 Å². The minimum atomic E-state index is -0.628. The number of thiazole rings is 1. The van der Waals surface area contributed by atoms with E-state index in [-0.39, 0.29) is 11.6 Å². The molecule has 0 saturated carbocycles. The summed E-state index contributed by atoms with van der Waals surface area (Å²) in [5.41, 5.74) is 0.589. The van der Waals surface area contributed by atoms with Gasteiger partial charge in [0.2, 0.25) is 0 Å². The van der Waals surface area contributed by atoms with E-state index in [4.69, 9.17) is 4.74 Å². The molecule has 1 N–H and O–H groups in total. The Labute approximate surface area is 142 Å². The normalized spacial score (nSPS) is 14.7. The van der Waals surface area contributed by atoms with E-state index >= 15 is 0 Å². The SMILES string of the molecule is O=C(NCCc1csc(-c2c(F)cccc2F)n1)N1CCOCC1. The summed E-state index contributed by atoms with van der Waals surface area (Å²) in [7, 11) is 0. The van der Waals surface area contributed by atoms with Crippen LogP contribution in [0.2, 0.25) is 0 Å². The number of hydrogen-bond donors (Lipinski definition) is 1. The van der Waals surface area contributed by atoms with Gasteiger partial charge in [-0.15, -0.1) is 11.3 Å². The van der Waals surface area contributed by atoms with E-state index < -0.39 is 11.6 Å². The van der Waals surface area contributed by atoms with Crippen LogP contribution in [-0.4, -0.2) is 48.8 Å². The number of halogens is 2. The van der Waals surface area contributed by atoms with Crippen LogP contribution in [0.3, 0.4) is 0 Å². The van der Waals surface area contributed by atoms with E-state index in [0.29, 0.717) is 50.0 Å². The second kappa shape index (κ2) is 7.67. The lowest BCUT2D eigenvalue weighted by atomic mass is 10.2. The third-order valence-electron chi connectivity index (χ3n) is 3.68. The molecule has 1 fully saturated rings. The molecule has 2 aromatic rings. The number of aromatic nitrogens is 1. The molecule has 0 bridgehead atoms. The summed E-state index contributed by atoms with van der Waals surface area (Å²) in [4.78, 5) is 17.9. The van der Waals surface area contributed by atoms with E-state index in [1.807, 2.05) is 0 Å². The van der Waals surface area contributed by atoms with Gasteiger partial charge in [-0.1, -0.05) is 6.07 Å². The highest BCUT2D eigenvalue weighted by molar-refractivity contribution is 7.13. The van der Waals surface area contributed by atoms with Gasteiger partial charge in [0.25, 0.3) is 0 Å². The first-order valence-electron chi connectivity index (χ1n) is 7.64. The van der Waals surface area contributed by atoms with E-state index in [0.717, 1.165) is 0 Å². The number of carbonyl (C=O) groups is 1. The second-order valence-corrected chi connectivity index (χ2v) is 6.18. The highest BCUT2D eigenvalue weighted by Crippen LogP contribution is 2.28. The molecule has 1 aromatic carbocycles. The third-order valence-corrected chi connectivity index (χ3v) is 4.59. The van der Waals surface area contributed by atoms with Crippen LogP contribution in [0, 0.1) is 11.6 Å². The topological polar surface area (TPSA) is 54.5 Å². The molecule has 3 rings (SSSR count). The predicted molar refractivity (Wildman–Crippen MR) is 87.0 cm³/mol. The first kappa shape index (κ1) is 16.8. The summed E-state index contributed by atoms with van der Waals surface area (Å²) >= 11 is 1.19. The minimum Gasteiger partial charge on any atom is -0.378 e. The van der Waals surface area contributed by atoms with Crippen LogP contribution in [0.4, 0.5) is 13.6 Å². The number of carbonyl (C=O) groups excluding carboxylic acids is 1. The number of nitrogens with one attached hydrogen (secondary N) is 1. The van der Waals surface area contributed by atoms with Crippen molar-refractivity contribution in [2.24, 2.45) is 0 Å². The first-order chi connectivity index (χ1) is 11.6. The number of morpholine rings is 1.